The van der Waals surface area contributed by atoms with E-state index < -0.39 is 12.2 Å². The van der Waals surface area contributed by atoms with Gasteiger partial charge in [-0.15, -0.1) is 0 Å². The number of rotatable bonds is 11. The van der Waals surface area contributed by atoms with Gasteiger partial charge in [-0.3, -0.25) is 9.59 Å². The van der Waals surface area contributed by atoms with E-state index in [1.54, 1.807) is 22.0 Å². The molecular weight excluding hydrogens is 506 g/mol. The van der Waals surface area contributed by atoms with Crippen molar-refractivity contribution < 1.29 is 19.1 Å². The summed E-state index contributed by atoms with van der Waals surface area (Å²) in [5.74, 6) is 0.568. The van der Waals surface area contributed by atoms with Crippen molar-refractivity contribution in [1.29, 1.82) is 0 Å². The fourth-order valence-corrected chi connectivity index (χ4v) is 4.92. The number of benzene rings is 3. The maximum Gasteiger partial charge on any atom is 0.334 e. The minimum atomic E-state index is -0.772. The minimum absolute atomic E-state index is 0.160. The van der Waals surface area contributed by atoms with Crippen molar-refractivity contribution in [2.75, 3.05) is 27.2 Å². The molecule has 1 heterocycles. The molecule has 1 unspecified atom stereocenters. The molecule has 0 aliphatic carbocycles. The lowest BCUT2D eigenvalue weighted by Gasteiger charge is -2.50. The van der Waals surface area contributed by atoms with Gasteiger partial charge in [0.15, 0.2) is 0 Å². The predicted molar refractivity (Wildman–Crippen MR) is 153 cm³/mol. The molecule has 1 saturated heterocycles. The Bertz CT molecular complexity index is 1260. The normalized spacial score (nSPS) is 17.1. The van der Waals surface area contributed by atoms with E-state index in [1.165, 1.54) is 4.90 Å². The highest BCUT2D eigenvalue weighted by Gasteiger charge is 2.45. The van der Waals surface area contributed by atoms with E-state index in [4.69, 9.17) is 4.74 Å². The maximum absolute atomic E-state index is 13.9. The molecule has 0 saturated carbocycles. The molecule has 0 spiro atoms. The number of amides is 4. The topological polar surface area (TPSA) is 85.4 Å². The zero-order valence-corrected chi connectivity index (χ0v) is 23.3. The van der Waals surface area contributed by atoms with Crippen LogP contribution in [0.5, 0.6) is 5.75 Å². The van der Waals surface area contributed by atoms with Crippen LogP contribution in [-0.2, 0) is 29.1 Å². The van der Waals surface area contributed by atoms with Crippen molar-refractivity contribution in [2.45, 2.75) is 38.6 Å². The summed E-state index contributed by atoms with van der Waals surface area (Å²) in [6, 6.07) is 25.7. The number of nitrogens with zero attached hydrogens (tertiary/aromatic N) is 4. The number of hydrogen-bond donors (Lipinski definition) is 1. The molecule has 1 N–H and O–H groups in total. The Morgan fingerprint density at radius 2 is 1.60 bits per heavy atom. The van der Waals surface area contributed by atoms with E-state index in [9.17, 15) is 14.4 Å². The third-order valence-electron chi connectivity index (χ3n) is 7.21. The predicted octanol–water partition coefficient (Wildman–Crippen LogP) is 3.51. The Morgan fingerprint density at radius 3 is 2.17 bits per heavy atom. The van der Waals surface area contributed by atoms with Crippen LogP contribution < -0.4 is 10.1 Å². The van der Waals surface area contributed by atoms with Gasteiger partial charge in [-0.25, -0.2) is 14.8 Å². The van der Waals surface area contributed by atoms with Crippen molar-refractivity contribution in [3.63, 3.8) is 0 Å². The Morgan fingerprint density at radius 1 is 0.975 bits per heavy atom. The van der Waals surface area contributed by atoms with E-state index >= 15 is 0 Å². The summed E-state index contributed by atoms with van der Waals surface area (Å²) < 4.78 is 5.28. The second-order valence-corrected chi connectivity index (χ2v) is 9.77. The summed E-state index contributed by atoms with van der Waals surface area (Å²) >= 11 is 0. The summed E-state index contributed by atoms with van der Waals surface area (Å²) in [5.41, 5.74) is 2.82. The standard InChI is InChI=1S/C31H37N5O4/c1-4-33(2)36(31(39)32-20-25-13-9-6-10-14-25)29-22-34(21-26-15-17-27(40-3)18-16-26)30(38)28(35(29)23-37)19-24-11-7-5-8-12-24/h5-18,23,28-29H,4,19-22H2,1-3H3,(H,32,39)/t28-,29?/m0/s1. The van der Waals surface area contributed by atoms with E-state index in [0.29, 0.717) is 32.5 Å². The smallest absolute Gasteiger partial charge is 0.334 e. The first-order valence-corrected chi connectivity index (χ1v) is 13.5. The van der Waals surface area contributed by atoms with Crippen LogP contribution in [0.25, 0.3) is 0 Å². The molecule has 4 rings (SSSR count). The molecule has 2 atom stereocenters. The lowest BCUT2D eigenvalue weighted by molar-refractivity contribution is -0.165. The molecule has 9 heteroatoms. The monoisotopic (exact) mass is 543 g/mol. The summed E-state index contributed by atoms with van der Waals surface area (Å²) in [6.45, 7) is 3.30. The number of hydrogen-bond acceptors (Lipinski definition) is 5. The Labute approximate surface area is 235 Å². The zero-order valence-electron chi connectivity index (χ0n) is 23.3. The van der Waals surface area contributed by atoms with Crippen LogP contribution >= 0.6 is 0 Å². The largest absolute Gasteiger partial charge is 0.497 e. The van der Waals surface area contributed by atoms with Crippen LogP contribution in [-0.4, -0.2) is 77.6 Å². The van der Waals surface area contributed by atoms with Gasteiger partial charge in [-0.05, 0) is 28.8 Å². The molecule has 0 radical (unpaired) electrons. The maximum atomic E-state index is 13.9. The first-order chi connectivity index (χ1) is 19.4. The van der Waals surface area contributed by atoms with Gasteiger partial charge in [-0.1, -0.05) is 79.7 Å². The molecule has 3 aromatic rings. The highest BCUT2D eigenvalue weighted by Crippen LogP contribution is 2.25. The first-order valence-electron chi connectivity index (χ1n) is 13.5. The number of carbonyl (C=O) groups is 3. The lowest BCUT2D eigenvalue weighted by atomic mass is 10.00. The summed E-state index contributed by atoms with van der Waals surface area (Å²) in [7, 11) is 3.42. The van der Waals surface area contributed by atoms with Gasteiger partial charge < -0.3 is 19.9 Å². The van der Waals surface area contributed by atoms with Crippen LogP contribution in [0.3, 0.4) is 0 Å². The number of piperazine rings is 1. The van der Waals surface area contributed by atoms with Crippen molar-refractivity contribution in [3.8, 4) is 5.75 Å². The Balaban J connectivity index is 1.66. The zero-order chi connectivity index (χ0) is 28.5. The van der Waals surface area contributed by atoms with Crippen LogP contribution in [0.2, 0.25) is 0 Å². The van der Waals surface area contributed by atoms with Crippen molar-refractivity contribution >= 4 is 18.3 Å². The lowest BCUT2D eigenvalue weighted by Crippen LogP contribution is -2.70. The van der Waals surface area contributed by atoms with Gasteiger partial charge in [0, 0.05) is 33.1 Å². The van der Waals surface area contributed by atoms with Crippen molar-refractivity contribution in [2.24, 2.45) is 0 Å². The number of carbonyl (C=O) groups excluding carboxylic acids is 3. The number of ether oxygens (including phenoxy) is 1. The van der Waals surface area contributed by atoms with Crippen molar-refractivity contribution in [3.05, 3.63) is 102 Å². The molecule has 0 bridgehead atoms. The van der Waals surface area contributed by atoms with Crippen LogP contribution in [0.1, 0.15) is 23.6 Å². The number of hydrazine groups is 1. The van der Waals surface area contributed by atoms with Gasteiger partial charge in [0.2, 0.25) is 12.3 Å². The van der Waals surface area contributed by atoms with Gasteiger partial charge in [0.05, 0.1) is 13.7 Å². The second-order valence-electron chi connectivity index (χ2n) is 9.77. The van der Waals surface area contributed by atoms with E-state index in [0.717, 1.165) is 22.4 Å². The summed E-state index contributed by atoms with van der Waals surface area (Å²) in [6.07, 6.45) is 0.327. The van der Waals surface area contributed by atoms with Gasteiger partial charge in [0.25, 0.3) is 0 Å². The molecule has 1 aliphatic heterocycles. The molecule has 1 fully saturated rings. The molecule has 3 aromatic carbocycles. The first kappa shape index (κ1) is 28.6. The van der Waals surface area contributed by atoms with E-state index in [-0.39, 0.29) is 18.5 Å². The van der Waals surface area contributed by atoms with Gasteiger partial charge in [-0.2, -0.15) is 0 Å². The molecule has 0 aromatic heterocycles. The Hall–Kier alpha value is -4.37. The molecule has 9 nitrogen and oxygen atoms in total. The van der Waals surface area contributed by atoms with E-state index in [2.05, 4.69) is 5.32 Å². The van der Waals surface area contributed by atoms with Gasteiger partial charge in [0.1, 0.15) is 18.0 Å². The quantitative estimate of drug-likeness (QED) is 0.296. The molecular formula is C31H37N5O4. The Kier molecular flexibility index (Phi) is 9.75. The minimum Gasteiger partial charge on any atom is -0.497 e. The van der Waals surface area contributed by atoms with Gasteiger partial charge >= 0.3 is 6.03 Å². The highest BCUT2D eigenvalue weighted by molar-refractivity contribution is 5.86. The molecule has 1 aliphatic rings. The number of methoxy groups -OCH3 is 1. The number of nitrogens with one attached hydrogen (secondary N) is 1. The highest BCUT2D eigenvalue weighted by atomic mass is 16.5. The fraction of sp³-hybridized carbons (Fsp3) is 0.323. The second kappa shape index (κ2) is 13.6. The number of urea groups is 1. The third-order valence-corrected chi connectivity index (χ3v) is 7.21. The van der Waals surface area contributed by atoms with Crippen LogP contribution in [0.4, 0.5) is 4.79 Å². The van der Waals surface area contributed by atoms with Crippen molar-refractivity contribution in [1.82, 2.24) is 25.1 Å². The SMILES string of the molecule is CCN(C)N(C(=O)NCc1ccccc1)C1CN(Cc2ccc(OC)cc2)C(=O)[C@H](Cc2ccccc2)N1C=O. The van der Waals surface area contributed by atoms with Crippen LogP contribution in [0.15, 0.2) is 84.9 Å². The summed E-state index contributed by atoms with van der Waals surface area (Å²) in [4.78, 5) is 43.4. The third kappa shape index (κ3) is 6.79. The molecule has 210 valence electrons. The summed E-state index contributed by atoms with van der Waals surface area (Å²) in [5, 5.41) is 6.33. The molecule has 40 heavy (non-hydrogen) atoms. The molecule has 4 amide bonds. The fourth-order valence-electron chi connectivity index (χ4n) is 4.92. The van der Waals surface area contributed by atoms with Crippen LogP contribution in [0, 0.1) is 0 Å². The average Bonchev–Trinajstić information content (AvgIpc) is 2.99. The average molecular weight is 544 g/mol. The van der Waals surface area contributed by atoms with E-state index in [1.807, 2.05) is 98.9 Å².